The molecule has 0 radical (unpaired) electrons. The third-order valence-corrected chi connectivity index (χ3v) is 4.20. The van der Waals surface area contributed by atoms with Crippen LogP contribution in [0.25, 0.3) is 0 Å². The Hall–Kier alpha value is -0.360. The number of hydrogen-bond donors (Lipinski definition) is 1. The maximum absolute atomic E-state index is 6.01. The molecule has 1 aliphatic rings. The summed E-state index contributed by atoms with van der Waals surface area (Å²) in [6, 6.07) is 0.334. The van der Waals surface area contributed by atoms with Gasteiger partial charge in [0.2, 0.25) is 0 Å². The molecule has 1 fully saturated rings. The monoisotopic (exact) mass is 276 g/mol. The second-order valence-electron chi connectivity index (χ2n) is 4.84. The first-order chi connectivity index (χ1) is 7.56. The molecule has 0 amide bonds. The summed E-state index contributed by atoms with van der Waals surface area (Å²) in [5.74, 6) is 0.612. The van der Waals surface area contributed by atoms with Crippen LogP contribution >= 0.6 is 23.7 Å². The molecule has 2 rings (SSSR count). The van der Waals surface area contributed by atoms with Crippen LogP contribution in [0.2, 0.25) is 0 Å². The summed E-state index contributed by atoms with van der Waals surface area (Å²) in [4.78, 5) is 10.2. The molecule has 0 aromatic carbocycles. The van der Waals surface area contributed by atoms with Crippen molar-refractivity contribution in [2.24, 2.45) is 11.7 Å². The van der Waals surface area contributed by atoms with E-state index in [2.05, 4.69) is 16.8 Å². The highest BCUT2D eigenvalue weighted by atomic mass is 35.5. The van der Waals surface area contributed by atoms with Gasteiger partial charge in [0, 0.05) is 50.8 Å². The molecular formula is C11H21ClN4S. The van der Waals surface area contributed by atoms with Crippen LogP contribution in [0.4, 0.5) is 5.13 Å². The zero-order valence-electron chi connectivity index (χ0n) is 10.6. The molecule has 0 bridgehead atoms. The maximum atomic E-state index is 6.01. The van der Waals surface area contributed by atoms with Crippen molar-refractivity contribution in [3.63, 3.8) is 0 Å². The van der Waals surface area contributed by atoms with E-state index in [9.17, 15) is 0 Å². The van der Waals surface area contributed by atoms with Gasteiger partial charge in [-0.05, 0) is 5.92 Å². The second kappa shape index (κ2) is 6.00. The van der Waals surface area contributed by atoms with E-state index in [-0.39, 0.29) is 12.4 Å². The smallest absolute Gasteiger partial charge is 0.185 e. The molecule has 2 atom stereocenters. The number of nitrogens with two attached hydrogens (primary N) is 1. The fourth-order valence-electron chi connectivity index (χ4n) is 2.02. The zero-order chi connectivity index (χ0) is 11.7. The predicted molar refractivity (Wildman–Crippen MR) is 76.1 cm³/mol. The largest absolute Gasteiger partial charge is 0.354 e. The van der Waals surface area contributed by atoms with E-state index in [0.29, 0.717) is 12.0 Å². The molecule has 4 nitrogen and oxygen atoms in total. The quantitative estimate of drug-likeness (QED) is 0.907. The lowest BCUT2D eigenvalue weighted by Crippen LogP contribution is -2.28. The zero-order valence-corrected chi connectivity index (χ0v) is 12.2. The van der Waals surface area contributed by atoms with Crippen molar-refractivity contribution in [2.45, 2.75) is 19.5 Å². The Labute approximate surface area is 113 Å². The molecule has 1 aliphatic heterocycles. The van der Waals surface area contributed by atoms with Gasteiger partial charge in [0.25, 0.3) is 0 Å². The highest BCUT2D eigenvalue weighted by Crippen LogP contribution is 2.24. The topological polar surface area (TPSA) is 45.4 Å². The third kappa shape index (κ3) is 3.55. The fraction of sp³-hybridized carbons (Fsp3) is 0.727. The van der Waals surface area contributed by atoms with Gasteiger partial charge in [-0.3, -0.25) is 4.90 Å². The van der Waals surface area contributed by atoms with Gasteiger partial charge in [0.05, 0.1) is 0 Å². The number of thiazole rings is 1. The lowest BCUT2D eigenvalue weighted by molar-refractivity contribution is 0.321. The normalized spacial score (nSPS) is 24.7. The van der Waals surface area contributed by atoms with Crippen molar-refractivity contribution in [1.29, 1.82) is 0 Å². The first-order valence-electron chi connectivity index (χ1n) is 5.66. The molecule has 1 aromatic rings. The Morgan fingerprint density at radius 2 is 2.24 bits per heavy atom. The van der Waals surface area contributed by atoms with Gasteiger partial charge >= 0.3 is 0 Å². The molecular weight excluding hydrogens is 256 g/mol. The van der Waals surface area contributed by atoms with Crippen LogP contribution < -0.4 is 10.6 Å². The number of rotatable bonds is 3. The maximum Gasteiger partial charge on any atom is 0.185 e. The number of hydrogen-bond acceptors (Lipinski definition) is 5. The average Bonchev–Trinajstić information content (AvgIpc) is 2.76. The van der Waals surface area contributed by atoms with E-state index in [1.54, 1.807) is 11.3 Å². The van der Waals surface area contributed by atoms with Gasteiger partial charge in [0.15, 0.2) is 5.13 Å². The SMILES string of the molecule is CC1CN(Cc2cnc(N(C)C)s2)CC1N.Cl. The Balaban J connectivity index is 0.00000144. The first kappa shape index (κ1) is 14.7. The van der Waals surface area contributed by atoms with Crippen LogP contribution in [0.1, 0.15) is 11.8 Å². The minimum absolute atomic E-state index is 0. The Bertz CT molecular complexity index is 345. The van der Waals surface area contributed by atoms with Gasteiger partial charge < -0.3 is 10.6 Å². The van der Waals surface area contributed by atoms with Gasteiger partial charge in [-0.25, -0.2) is 4.98 Å². The van der Waals surface area contributed by atoms with Gasteiger partial charge in [-0.15, -0.1) is 23.7 Å². The molecule has 2 heterocycles. The number of anilines is 1. The van der Waals surface area contributed by atoms with E-state index < -0.39 is 0 Å². The van der Waals surface area contributed by atoms with E-state index in [4.69, 9.17) is 5.73 Å². The molecule has 98 valence electrons. The summed E-state index contributed by atoms with van der Waals surface area (Å²) >= 11 is 1.76. The lowest BCUT2D eigenvalue weighted by atomic mass is 10.1. The predicted octanol–water partition coefficient (Wildman–Crippen LogP) is 1.41. The molecule has 1 aromatic heterocycles. The number of halogens is 1. The molecule has 0 aliphatic carbocycles. The summed E-state index contributed by atoms with van der Waals surface area (Å²) in [5, 5.41) is 1.08. The summed E-state index contributed by atoms with van der Waals surface area (Å²) in [5.41, 5.74) is 6.01. The lowest BCUT2D eigenvalue weighted by Gasteiger charge is -2.13. The van der Waals surface area contributed by atoms with Crippen LogP contribution in [-0.2, 0) is 6.54 Å². The molecule has 17 heavy (non-hydrogen) atoms. The minimum Gasteiger partial charge on any atom is -0.354 e. The number of likely N-dealkylation sites (tertiary alicyclic amines) is 1. The highest BCUT2D eigenvalue weighted by Gasteiger charge is 2.26. The third-order valence-electron chi connectivity index (χ3n) is 3.05. The molecule has 1 saturated heterocycles. The Morgan fingerprint density at radius 3 is 2.71 bits per heavy atom. The van der Waals surface area contributed by atoms with E-state index in [0.717, 1.165) is 24.8 Å². The van der Waals surface area contributed by atoms with E-state index in [1.165, 1.54) is 4.88 Å². The Morgan fingerprint density at radius 1 is 1.53 bits per heavy atom. The van der Waals surface area contributed by atoms with Crippen molar-refractivity contribution in [2.75, 3.05) is 32.1 Å². The van der Waals surface area contributed by atoms with Gasteiger partial charge in [-0.2, -0.15) is 0 Å². The summed E-state index contributed by atoms with van der Waals surface area (Å²) < 4.78 is 0. The Kier molecular flexibility index (Phi) is 5.19. The average molecular weight is 277 g/mol. The second-order valence-corrected chi connectivity index (χ2v) is 5.93. The van der Waals surface area contributed by atoms with Crippen molar-refractivity contribution in [3.05, 3.63) is 11.1 Å². The van der Waals surface area contributed by atoms with Gasteiger partial charge in [-0.1, -0.05) is 6.92 Å². The van der Waals surface area contributed by atoms with Crippen molar-refractivity contribution >= 4 is 28.9 Å². The number of nitrogens with zero attached hydrogens (tertiary/aromatic N) is 3. The first-order valence-corrected chi connectivity index (χ1v) is 6.48. The minimum atomic E-state index is 0. The number of aromatic nitrogens is 1. The fourth-order valence-corrected chi connectivity index (χ4v) is 2.90. The van der Waals surface area contributed by atoms with Crippen LogP contribution in [0.5, 0.6) is 0 Å². The van der Waals surface area contributed by atoms with Crippen LogP contribution in [0.3, 0.4) is 0 Å². The van der Waals surface area contributed by atoms with E-state index in [1.807, 2.05) is 25.2 Å². The molecule has 2 N–H and O–H groups in total. The van der Waals surface area contributed by atoms with Crippen molar-refractivity contribution in [1.82, 2.24) is 9.88 Å². The van der Waals surface area contributed by atoms with Gasteiger partial charge in [0.1, 0.15) is 0 Å². The highest BCUT2D eigenvalue weighted by molar-refractivity contribution is 7.15. The van der Waals surface area contributed by atoms with Crippen LogP contribution in [-0.4, -0.2) is 43.1 Å². The van der Waals surface area contributed by atoms with Crippen molar-refractivity contribution < 1.29 is 0 Å². The van der Waals surface area contributed by atoms with E-state index >= 15 is 0 Å². The van der Waals surface area contributed by atoms with Crippen molar-refractivity contribution in [3.8, 4) is 0 Å². The summed E-state index contributed by atoms with van der Waals surface area (Å²) in [7, 11) is 4.05. The summed E-state index contributed by atoms with van der Waals surface area (Å²) in [6.45, 7) is 5.33. The molecule has 6 heteroatoms. The van der Waals surface area contributed by atoms with Crippen LogP contribution in [0, 0.1) is 5.92 Å². The molecule has 0 spiro atoms. The molecule has 2 unspecified atom stereocenters. The molecule has 0 saturated carbocycles. The van der Waals surface area contributed by atoms with Crippen LogP contribution in [0.15, 0.2) is 6.20 Å². The summed E-state index contributed by atoms with van der Waals surface area (Å²) in [6.07, 6.45) is 1.98. The standard InChI is InChI=1S/C11H20N4S.ClH/c1-8-5-15(7-10(8)12)6-9-4-13-11(16-9)14(2)3;/h4,8,10H,5-7,12H2,1-3H3;1H.